The maximum absolute atomic E-state index is 12.2. The number of likely N-dealkylation sites (N-methyl/N-ethyl adjacent to an activating group) is 1. The van der Waals surface area contributed by atoms with E-state index >= 15 is 0 Å². The molecule has 2 rings (SSSR count). The van der Waals surface area contributed by atoms with Crippen LogP contribution >= 0.6 is 12.4 Å². The Morgan fingerprint density at radius 3 is 2.37 bits per heavy atom. The first-order chi connectivity index (χ1) is 12.3. The van der Waals surface area contributed by atoms with E-state index in [2.05, 4.69) is 15.6 Å². The highest BCUT2D eigenvalue weighted by molar-refractivity contribution is 6.02. The Morgan fingerprint density at radius 2 is 1.85 bits per heavy atom. The maximum Gasteiger partial charge on any atom is 0.382 e. The molecule has 0 spiro atoms. The van der Waals surface area contributed by atoms with Gasteiger partial charge in [0.25, 0.3) is 5.91 Å². The molecule has 0 aliphatic carbocycles. The van der Waals surface area contributed by atoms with Crippen molar-refractivity contribution in [3.8, 4) is 0 Å². The zero-order valence-electron chi connectivity index (χ0n) is 15.1. The number of hydrogen-bond acceptors (Lipinski definition) is 6. The molecule has 146 valence electrons. The fraction of sp³-hybridized carbons (Fsp3) is 0.312. The van der Waals surface area contributed by atoms with Gasteiger partial charge in [0.15, 0.2) is 0 Å². The van der Waals surface area contributed by atoms with Crippen molar-refractivity contribution in [1.29, 1.82) is 0 Å². The quantitative estimate of drug-likeness (QED) is 0.537. The van der Waals surface area contributed by atoms with E-state index in [0.717, 1.165) is 12.7 Å². The molecule has 2 N–H and O–H groups in total. The minimum Gasteiger partial charge on any atom is -0.358 e. The van der Waals surface area contributed by atoms with Gasteiger partial charge in [-0.3, -0.25) is 9.59 Å². The predicted molar refractivity (Wildman–Crippen MR) is 102 cm³/mol. The number of carbonyl (C=O) groups excluding carboxylic acids is 2. The number of nitro groups is 1. The van der Waals surface area contributed by atoms with Gasteiger partial charge in [0.2, 0.25) is 0 Å². The standard InChI is InChI=1S/C16H20N6O4.ClH/c1-20(2)9-8-17-15(23)11-4-6-12(7-5-11)18-16(24)14-19-13(22(25)26)10-21(14)3;/h4-7,10H,8-9H2,1-3H3,(H,17,23)(H,18,24);1H. The number of amides is 2. The van der Waals surface area contributed by atoms with Crippen LogP contribution in [0.5, 0.6) is 0 Å². The minimum absolute atomic E-state index is 0. The van der Waals surface area contributed by atoms with Crippen LogP contribution in [0.25, 0.3) is 0 Å². The monoisotopic (exact) mass is 396 g/mol. The maximum atomic E-state index is 12.2. The lowest BCUT2D eigenvalue weighted by Gasteiger charge is -2.10. The van der Waals surface area contributed by atoms with Gasteiger partial charge < -0.3 is 30.2 Å². The van der Waals surface area contributed by atoms with Gasteiger partial charge in [-0.25, -0.2) is 0 Å². The van der Waals surface area contributed by atoms with Gasteiger partial charge in [-0.2, -0.15) is 0 Å². The van der Waals surface area contributed by atoms with E-state index in [1.54, 1.807) is 24.3 Å². The van der Waals surface area contributed by atoms with Gasteiger partial charge in [0.1, 0.15) is 6.20 Å². The predicted octanol–water partition coefficient (Wildman–Crippen LogP) is 1.29. The summed E-state index contributed by atoms with van der Waals surface area (Å²) < 4.78 is 1.28. The molecule has 0 bridgehead atoms. The summed E-state index contributed by atoms with van der Waals surface area (Å²) in [4.78, 5) is 39.9. The Balaban J connectivity index is 0.00000364. The third-order valence-electron chi connectivity index (χ3n) is 3.50. The van der Waals surface area contributed by atoms with E-state index in [-0.39, 0.29) is 24.1 Å². The smallest absolute Gasteiger partial charge is 0.358 e. The Hall–Kier alpha value is -2.98. The highest BCUT2D eigenvalue weighted by Crippen LogP contribution is 2.13. The highest BCUT2D eigenvalue weighted by Gasteiger charge is 2.23. The van der Waals surface area contributed by atoms with Crippen molar-refractivity contribution in [2.45, 2.75) is 0 Å². The van der Waals surface area contributed by atoms with Crippen molar-refractivity contribution in [1.82, 2.24) is 19.8 Å². The summed E-state index contributed by atoms with van der Waals surface area (Å²) in [5.74, 6) is -1.27. The van der Waals surface area contributed by atoms with Crippen molar-refractivity contribution in [3.05, 3.63) is 52.0 Å². The Kier molecular flexibility index (Phi) is 7.88. The van der Waals surface area contributed by atoms with E-state index in [4.69, 9.17) is 0 Å². The third-order valence-corrected chi connectivity index (χ3v) is 3.50. The second-order valence-electron chi connectivity index (χ2n) is 5.88. The van der Waals surface area contributed by atoms with Gasteiger partial charge in [0.05, 0.1) is 0 Å². The number of carbonyl (C=O) groups is 2. The van der Waals surface area contributed by atoms with Crippen molar-refractivity contribution < 1.29 is 14.5 Å². The lowest BCUT2D eigenvalue weighted by atomic mass is 10.2. The largest absolute Gasteiger partial charge is 0.382 e. The Morgan fingerprint density at radius 1 is 1.22 bits per heavy atom. The van der Waals surface area contributed by atoms with Gasteiger partial charge in [-0.1, -0.05) is 0 Å². The van der Waals surface area contributed by atoms with Crippen LogP contribution < -0.4 is 10.6 Å². The summed E-state index contributed by atoms with van der Waals surface area (Å²) in [7, 11) is 5.33. The first-order valence-electron chi connectivity index (χ1n) is 7.80. The molecule has 0 saturated carbocycles. The number of anilines is 1. The number of aromatic nitrogens is 2. The van der Waals surface area contributed by atoms with Crippen molar-refractivity contribution in [2.24, 2.45) is 7.05 Å². The average molecular weight is 397 g/mol. The van der Waals surface area contributed by atoms with E-state index in [9.17, 15) is 19.7 Å². The van der Waals surface area contributed by atoms with Crippen LogP contribution in [0, 0.1) is 10.1 Å². The molecule has 0 fully saturated rings. The molecular formula is C16H21ClN6O4. The van der Waals surface area contributed by atoms with Gasteiger partial charge >= 0.3 is 17.5 Å². The fourth-order valence-electron chi connectivity index (χ4n) is 2.14. The summed E-state index contributed by atoms with van der Waals surface area (Å²) in [6.07, 6.45) is 1.16. The molecule has 1 aromatic heterocycles. The molecule has 1 heterocycles. The number of rotatable bonds is 7. The fourth-order valence-corrected chi connectivity index (χ4v) is 2.14. The average Bonchev–Trinajstić information content (AvgIpc) is 2.97. The van der Waals surface area contributed by atoms with Gasteiger partial charge in [-0.05, 0) is 48.3 Å². The second-order valence-corrected chi connectivity index (χ2v) is 5.88. The van der Waals surface area contributed by atoms with E-state index in [1.807, 2.05) is 19.0 Å². The van der Waals surface area contributed by atoms with Gasteiger partial charge in [0, 0.05) is 31.4 Å². The molecule has 1 aromatic carbocycles. The van der Waals surface area contributed by atoms with Crippen LogP contribution in [0.2, 0.25) is 0 Å². The molecule has 0 aliphatic heterocycles. The van der Waals surface area contributed by atoms with E-state index in [0.29, 0.717) is 17.8 Å². The molecule has 27 heavy (non-hydrogen) atoms. The Labute approximate surface area is 162 Å². The van der Waals surface area contributed by atoms with Crippen LogP contribution in [-0.4, -0.2) is 58.4 Å². The topological polar surface area (TPSA) is 122 Å². The molecule has 0 saturated heterocycles. The third kappa shape index (κ3) is 6.04. The molecular weight excluding hydrogens is 376 g/mol. The molecule has 10 nitrogen and oxygen atoms in total. The normalized spacial score (nSPS) is 10.2. The van der Waals surface area contributed by atoms with Crippen molar-refractivity contribution in [3.63, 3.8) is 0 Å². The number of benzene rings is 1. The summed E-state index contributed by atoms with van der Waals surface area (Å²) in [6.45, 7) is 1.26. The van der Waals surface area contributed by atoms with Crippen LogP contribution in [-0.2, 0) is 7.05 Å². The van der Waals surface area contributed by atoms with Gasteiger partial charge in [-0.15, -0.1) is 12.4 Å². The molecule has 0 radical (unpaired) electrons. The highest BCUT2D eigenvalue weighted by atomic mass is 35.5. The second kappa shape index (κ2) is 9.64. The van der Waals surface area contributed by atoms with Crippen LogP contribution in [0.15, 0.2) is 30.5 Å². The number of hydrogen-bond donors (Lipinski definition) is 2. The van der Waals surface area contributed by atoms with Crippen molar-refractivity contribution in [2.75, 3.05) is 32.5 Å². The summed E-state index contributed by atoms with van der Waals surface area (Å²) in [5, 5.41) is 16.1. The number of nitrogens with one attached hydrogen (secondary N) is 2. The number of aryl methyl sites for hydroxylation is 1. The number of imidazole rings is 1. The van der Waals surface area contributed by atoms with Crippen LogP contribution in [0.1, 0.15) is 21.0 Å². The van der Waals surface area contributed by atoms with Crippen molar-refractivity contribution >= 4 is 35.7 Å². The zero-order valence-corrected chi connectivity index (χ0v) is 15.9. The number of nitrogens with zero attached hydrogens (tertiary/aromatic N) is 4. The lowest BCUT2D eigenvalue weighted by Crippen LogP contribution is -2.31. The first-order valence-corrected chi connectivity index (χ1v) is 7.80. The lowest BCUT2D eigenvalue weighted by molar-refractivity contribution is -0.389. The molecule has 0 aliphatic rings. The molecule has 0 atom stereocenters. The van der Waals surface area contributed by atoms with E-state index in [1.165, 1.54) is 11.6 Å². The summed E-state index contributed by atoms with van der Waals surface area (Å²) in [5.41, 5.74) is 0.917. The summed E-state index contributed by atoms with van der Waals surface area (Å²) in [6, 6.07) is 6.33. The molecule has 0 unspecified atom stereocenters. The summed E-state index contributed by atoms with van der Waals surface area (Å²) >= 11 is 0. The number of halogens is 1. The molecule has 11 heteroatoms. The van der Waals surface area contributed by atoms with Crippen LogP contribution in [0.4, 0.5) is 11.5 Å². The van der Waals surface area contributed by atoms with Crippen LogP contribution in [0.3, 0.4) is 0 Å². The van der Waals surface area contributed by atoms with E-state index < -0.39 is 16.6 Å². The SMILES string of the molecule is CN(C)CCNC(=O)c1ccc(NC(=O)c2nc([N+](=O)[O-])cn2C)cc1.Cl. The minimum atomic E-state index is -0.666. The first kappa shape index (κ1) is 22.1. The zero-order chi connectivity index (χ0) is 19.3. The molecule has 2 aromatic rings. The molecule has 2 amide bonds. The Bertz CT molecular complexity index is 819.